The number of nitrogens with zero attached hydrogens (tertiary/aromatic N) is 1. The molecule has 0 saturated heterocycles. The van der Waals surface area contributed by atoms with E-state index in [0.29, 0.717) is 18.4 Å². The molecular formula is C34H41FN2O2. The molecule has 0 aromatic heterocycles. The molecule has 0 radical (unpaired) electrons. The van der Waals surface area contributed by atoms with E-state index in [1.807, 2.05) is 30.3 Å². The zero-order valence-corrected chi connectivity index (χ0v) is 23.5. The van der Waals surface area contributed by atoms with Gasteiger partial charge in [0.2, 0.25) is 11.8 Å². The molecule has 1 aliphatic carbocycles. The Kier molecular flexibility index (Phi) is 9.55. The molecule has 1 aliphatic rings. The average molecular weight is 529 g/mol. The van der Waals surface area contributed by atoms with Gasteiger partial charge in [-0.2, -0.15) is 0 Å². The summed E-state index contributed by atoms with van der Waals surface area (Å²) in [7, 11) is 0. The summed E-state index contributed by atoms with van der Waals surface area (Å²) < 4.78 is 14.8. The third-order valence-corrected chi connectivity index (χ3v) is 7.72. The van der Waals surface area contributed by atoms with Crippen LogP contribution in [-0.2, 0) is 34.4 Å². The predicted molar refractivity (Wildman–Crippen MR) is 155 cm³/mol. The minimum atomic E-state index is -0.733. The molecule has 3 aromatic rings. The molecule has 39 heavy (non-hydrogen) atoms. The third-order valence-electron chi connectivity index (χ3n) is 7.72. The van der Waals surface area contributed by atoms with Crippen LogP contribution in [-0.4, -0.2) is 28.8 Å². The first kappa shape index (κ1) is 28.5. The van der Waals surface area contributed by atoms with Gasteiger partial charge in [-0.25, -0.2) is 4.39 Å². The van der Waals surface area contributed by atoms with Crippen LogP contribution in [0, 0.1) is 5.82 Å². The molecule has 0 aliphatic heterocycles. The second-order valence-electron chi connectivity index (χ2n) is 11.8. The quantitative estimate of drug-likeness (QED) is 0.316. The number of carbonyl (C=O) groups excluding carboxylic acids is 2. The summed E-state index contributed by atoms with van der Waals surface area (Å²) in [6.45, 7) is 6.57. The number of rotatable bonds is 10. The highest BCUT2D eigenvalue weighted by atomic mass is 19.1. The molecule has 0 bridgehead atoms. The molecule has 0 spiro atoms. The van der Waals surface area contributed by atoms with Crippen molar-refractivity contribution in [1.29, 1.82) is 0 Å². The van der Waals surface area contributed by atoms with Crippen LogP contribution in [0.25, 0.3) is 0 Å². The van der Waals surface area contributed by atoms with Crippen LogP contribution in [0.5, 0.6) is 0 Å². The summed E-state index contributed by atoms with van der Waals surface area (Å²) in [6.07, 6.45) is 5.27. The summed E-state index contributed by atoms with van der Waals surface area (Å²) in [5, 5.41) is 3.20. The number of hydrogen-bond donors (Lipinski definition) is 1. The number of halogens is 1. The SMILES string of the molecule is CC(C)(C)c1ccc(CCC(=O)N(Cc2ccccc2F)[C@@H](Cc2ccccc2)C(=O)NC2CCCC2)cc1. The van der Waals surface area contributed by atoms with Crippen molar-refractivity contribution < 1.29 is 14.0 Å². The molecule has 4 rings (SSSR count). The molecular weight excluding hydrogens is 487 g/mol. The number of nitrogens with one attached hydrogen (secondary N) is 1. The van der Waals surface area contributed by atoms with E-state index in [0.717, 1.165) is 36.8 Å². The van der Waals surface area contributed by atoms with Crippen LogP contribution in [0.2, 0.25) is 0 Å². The van der Waals surface area contributed by atoms with Gasteiger partial charge in [0.1, 0.15) is 11.9 Å². The lowest BCUT2D eigenvalue weighted by Gasteiger charge is -2.32. The van der Waals surface area contributed by atoms with Crippen LogP contribution < -0.4 is 5.32 Å². The summed E-state index contributed by atoms with van der Waals surface area (Å²) >= 11 is 0. The normalized spacial score (nSPS) is 14.7. The Labute approximate surface area is 232 Å². The van der Waals surface area contributed by atoms with Crippen LogP contribution in [0.1, 0.15) is 75.1 Å². The van der Waals surface area contributed by atoms with E-state index in [-0.39, 0.29) is 42.1 Å². The largest absolute Gasteiger partial charge is 0.352 e. The van der Waals surface area contributed by atoms with Gasteiger partial charge in [-0.15, -0.1) is 0 Å². The Bertz CT molecular complexity index is 1230. The number of aryl methyl sites for hydroxylation is 1. The zero-order chi connectivity index (χ0) is 27.8. The smallest absolute Gasteiger partial charge is 0.243 e. The van der Waals surface area contributed by atoms with Crippen LogP contribution >= 0.6 is 0 Å². The fourth-order valence-electron chi connectivity index (χ4n) is 5.30. The first-order valence-electron chi connectivity index (χ1n) is 14.2. The monoisotopic (exact) mass is 528 g/mol. The number of hydrogen-bond acceptors (Lipinski definition) is 2. The van der Waals surface area contributed by atoms with Crippen LogP contribution in [0.3, 0.4) is 0 Å². The van der Waals surface area contributed by atoms with Crippen molar-refractivity contribution >= 4 is 11.8 Å². The fraction of sp³-hybridized carbons (Fsp3) is 0.412. The predicted octanol–water partition coefficient (Wildman–Crippen LogP) is 6.75. The summed E-state index contributed by atoms with van der Waals surface area (Å²) in [6, 6.07) is 24.0. The van der Waals surface area contributed by atoms with E-state index in [9.17, 15) is 14.0 Å². The standard InChI is InChI=1S/C34H41FN2O2/c1-34(2,3)28-20-17-25(18-21-28)19-22-32(38)37(24-27-13-7-10-16-30(27)35)31(23-26-11-5-4-6-12-26)33(39)36-29-14-8-9-15-29/h4-7,10-13,16-18,20-21,29,31H,8-9,14-15,19,22-24H2,1-3H3,(H,36,39)/t31-/m0/s1. The highest BCUT2D eigenvalue weighted by Gasteiger charge is 2.32. The van der Waals surface area contributed by atoms with E-state index < -0.39 is 6.04 Å². The van der Waals surface area contributed by atoms with E-state index in [4.69, 9.17) is 0 Å². The van der Waals surface area contributed by atoms with E-state index in [1.54, 1.807) is 23.1 Å². The van der Waals surface area contributed by atoms with Gasteiger partial charge >= 0.3 is 0 Å². The lowest BCUT2D eigenvalue weighted by Crippen LogP contribution is -2.52. The summed E-state index contributed by atoms with van der Waals surface area (Å²) in [5.74, 6) is -0.687. The second-order valence-corrected chi connectivity index (χ2v) is 11.8. The first-order chi connectivity index (χ1) is 18.7. The molecule has 1 atom stereocenters. The molecule has 2 amide bonds. The minimum absolute atomic E-state index is 0.0457. The summed E-state index contributed by atoms with van der Waals surface area (Å²) in [4.78, 5) is 29.2. The second kappa shape index (κ2) is 13.1. The minimum Gasteiger partial charge on any atom is -0.352 e. The van der Waals surface area contributed by atoms with Crippen molar-refractivity contribution in [2.75, 3.05) is 0 Å². The molecule has 4 nitrogen and oxygen atoms in total. The van der Waals surface area contributed by atoms with E-state index >= 15 is 0 Å². The molecule has 1 fully saturated rings. The third kappa shape index (κ3) is 8.01. The lowest BCUT2D eigenvalue weighted by atomic mass is 9.86. The Morgan fingerprint density at radius 3 is 2.18 bits per heavy atom. The first-order valence-corrected chi connectivity index (χ1v) is 14.2. The highest BCUT2D eigenvalue weighted by Crippen LogP contribution is 2.24. The van der Waals surface area contributed by atoms with E-state index in [1.165, 1.54) is 11.6 Å². The molecule has 1 saturated carbocycles. The highest BCUT2D eigenvalue weighted by molar-refractivity contribution is 5.88. The van der Waals surface area contributed by atoms with Gasteiger partial charge in [-0.05, 0) is 47.4 Å². The maximum Gasteiger partial charge on any atom is 0.243 e. The van der Waals surface area contributed by atoms with Gasteiger partial charge < -0.3 is 10.2 Å². The van der Waals surface area contributed by atoms with Gasteiger partial charge in [0, 0.05) is 31.0 Å². The van der Waals surface area contributed by atoms with E-state index in [2.05, 4.69) is 50.4 Å². The number of carbonyl (C=O) groups is 2. The van der Waals surface area contributed by atoms with Crippen LogP contribution in [0.4, 0.5) is 4.39 Å². The Balaban J connectivity index is 1.59. The van der Waals surface area contributed by atoms with Gasteiger partial charge in [0.15, 0.2) is 0 Å². The van der Waals surface area contributed by atoms with Crippen molar-refractivity contribution in [2.45, 2.75) is 89.8 Å². The molecule has 1 N–H and O–H groups in total. The zero-order valence-electron chi connectivity index (χ0n) is 23.5. The van der Waals surface area contributed by atoms with Crippen molar-refractivity contribution in [3.05, 3.63) is 107 Å². The fourth-order valence-corrected chi connectivity index (χ4v) is 5.30. The van der Waals surface area contributed by atoms with Gasteiger partial charge in [0.05, 0.1) is 0 Å². The van der Waals surface area contributed by atoms with Gasteiger partial charge in [-0.3, -0.25) is 9.59 Å². The summed E-state index contributed by atoms with van der Waals surface area (Å²) in [5.41, 5.74) is 3.74. The lowest BCUT2D eigenvalue weighted by molar-refractivity contribution is -0.141. The van der Waals surface area contributed by atoms with Gasteiger partial charge in [-0.1, -0.05) is 106 Å². The average Bonchev–Trinajstić information content (AvgIpc) is 3.43. The molecule has 3 aromatic carbocycles. The van der Waals surface area contributed by atoms with Crippen molar-refractivity contribution in [3.8, 4) is 0 Å². The van der Waals surface area contributed by atoms with Crippen LogP contribution in [0.15, 0.2) is 78.9 Å². The Hall–Kier alpha value is -3.47. The van der Waals surface area contributed by atoms with Crippen molar-refractivity contribution in [3.63, 3.8) is 0 Å². The number of benzene rings is 3. The molecule has 206 valence electrons. The Morgan fingerprint density at radius 1 is 0.897 bits per heavy atom. The van der Waals surface area contributed by atoms with Gasteiger partial charge in [0.25, 0.3) is 0 Å². The molecule has 5 heteroatoms. The maximum atomic E-state index is 14.8. The molecule has 0 unspecified atom stereocenters. The maximum absolute atomic E-state index is 14.8. The Morgan fingerprint density at radius 2 is 1.54 bits per heavy atom. The van der Waals surface area contributed by atoms with Crippen molar-refractivity contribution in [2.24, 2.45) is 0 Å². The topological polar surface area (TPSA) is 49.4 Å². The number of amides is 2. The molecule has 0 heterocycles. The van der Waals surface area contributed by atoms with Crippen molar-refractivity contribution in [1.82, 2.24) is 10.2 Å².